The number of carbonyl (C=O) groups is 2. The van der Waals surface area contributed by atoms with Gasteiger partial charge in [-0.25, -0.2) is 4.79 Å². The first kappa shape index (κ1) is 17.2. The smallest absolute Gasteiger partial charge is 0.338 e. The maximum Gasteiger partial charge on any atom is 0.338 e. The van der Waals surface area contributed by atoms with Crippen LogP contribution in [0.2, 0.25) is 0 Å². The van der Waals surface area contributed by atoms with Gasteiger partial charge in [-0.2, -0.15) is 0 Å². The van der Waals surface area contributed by atoms with Crippen molar-refractivity contribution in [2.75, 3.05) is 19.8 Å². The standard InChI is InChI=1S/C16H19IO5/c17-13-7-5-12(6-8-13)16(19)21-10-2-4-15(18)22-11-14-3-1-9-20-14/h5-8,14H,1-4,9-11H2/t14-/m0/s1. The summed E-state index contributed by atoms with van der Waals surface area (Å²) in [5.41, 5.74) is 0.515. The predicted molar refractivity (Wildman–Crippen MR) is 88.6 cm³/mol. The van der Waals surface area contributed by atoms with Gasteiger partial charge in [0.25, 0.3) is 0 Å². The average Bonchev–Trinajstić information content (AvgIpc) is 3.03. The summed E-state index contributed by atoms with van der Waals surface area (Å²) >= 11 is 2.17. The molecular formula is C16H19IO5. The molecule has 22 heavy (non-hydrogen) atoms. The minimum atomic E-state index is -0.371. The van der Waals surface area contributed by atoms with Crippen LogP contribution >= 0.6 is 22.6 Å². The van der Waals surface area contributed by atoms with Crippen molar-refractivity contribution in [1.29, 1.82) is 0 Å². The molecule has 0 saturated carbocycles. The quantitative estimate of drug-likeness (QED) is 0.387. The Morgan fingerprint density at radius 2 is 2.00 bits per heavy atom. The predicted octanol–water partition coefficient (Wildman–Crippen LogP) is 2.95. The van der Waals surface area contributed by atoms with Gasteiger partial charge >= 0.3 is 11.9 Å². The maximum atomic E-state index is 11.7. The van der Waals surface area contributed by atoms with Crippen LogP contribution < -0.4 is 0 Å². The summed E-state index contributed by atoms with van der Waals surface area (Å²) in [5.74, 6) is -0.648. The molecule has 1 heterocycles. The molecular weight excluding hydrogens is 399 g/mol. The molecule has 1 atom stereocenters. The van der Waals surface area contributed by atoms with E-state index >= 15 is 0 Å². The fourth-order valence-electron chi connectivity index (χ4n) is 2.08. The van der Waals surface area contributed by atoms with Gasteiger partial charge in [0.2, 0.25) is 0 Å². The van der Waals surface area contributed by atoms with E-state index in [0.717, 1.165) is 23.0 Å². The van der Waals surface area contributed by atoms with Crippen molar-refractivity contribution in [2.45, 2.75) is 31.8 Å². The van der Waals surface area contributed by atoms with Crippen LogP contribution in [0.5, 0.6) is 0 Å². The summed E-state index contributed by atoms with van der Waals surface area (Å²) in [4.78, 5) is 23.3. The summed E-state index contributed by atoms with van der Waals surface area (Å²) in [6, 6.07) is 7.14. The van der Waals surface area contributed by atoms with E-state index in [2.05, 4.69) is 22.6 Å². The van der Waals surface area contributed by atoms with Gasteiger partial charge in [-0.05, 0) is 66.1 Å². The van der Waals surface area contributed by atoms with Crippen molar-refractivity contribution in [1.82, 2.24) is 0 Å². The number of esters is 2. The number of benzene rings is 1. The molecule has 0 aliphatic carbocycles. The molecule has 1 saturated heterocycles. The van der Waals surface area contributed by atoms with E-state index in [1.165, 1.54) is 0 Å². The van der Waals surface area contributed by atoms with Crippen LogP contribution in [0.1, 0.15) is 36.0 Å². The Hall–Kier alpha value is -1.15. The molecule has 1 aromatic carbocycles. The van der Waals surface area contributed by atoms with Crippen molar-refractivity contribution in [3.05, 3.63) is 33.4 Å². The number of rotatable bonds is 7. The Kier molecular flexibility index (Phi) is 7.11. The molecule has 120 valence electrons. The highest BCUT2D eigenvalue weighted by Crippen LogP contribution is 2.12. The zero-order chi connectivity index (χ0) is 15.8. The van der Waals surface area contributed by atoms with Crippen LogP contribution in [0.25, 0.3) is 0 Å². The van der Waals surface area contributed by atoms with Crippen molar-refractivity contribution >= 4 is 34.5 Å². The summed E-state index contributed by atoms with van der Waals surface area (Å²) in [6.07, 6.45) is 2.72. The second kappa shape index (κ2) is 9.09. The molecule has 1 aromatic rings. The van der Waals surface area contributed by atoms with Crippen LogP contribution in [0, 0.1) is 3.57 Å². The highest BCUT2D eigenvalue weighted by Gasteiger charge is 2.17. The number of ether oxygens (including phenoxy) is 3. The molecule has 0 aromatic heterocycles. The molecule has 0 bridgehead atoms. The lowest BCUT2D eigenvalue weighted by molar-refractivity contribution is -0.147. The van der Waals surface area contributed by atoms with Gasteiger partial charge in [0.15, 0.2) is 0 Å². The van der Waals surface area contributed by atoms with E-state index in [-0.39, 0.29) is 31.1 Å². The zero-order valence-corrected chi connectivity index (χ0v) is 14.4. The number of carbonyl (C=O) groups excluding carboxylic acids is 2. The first-order valence-corrected chi connectivity index (χ1v) is 8.43. The number of hydrogen-bond donors (Lipinski definition) is 0. The second-order valence-electron chi connectivity index (χ2n) is 5.06. The molecule has 0 spiro atoms. The summed E-state index contributed by atoms with van der Waals surface area (Å²) in [5, 5.41) is 0. The SMILES string of the molecule is O=C(CCCOC(=O)c1ccc(I)cc1)OC[C@@H]1CCCO1. The fourth-order valence-corrected chi connectivity index (χ4v) is 2.44. The van der Waals surface area contributed by atoms with E-state index in [1.54, 1.807) is 12.1 Å². The lowest BCUT2D eigenvalue weighted by Gasteiger charge is -2.10. The highest BCUT2D eigenvalue weighted by atomic mass is 127. The van der Waals surface area contributed by atoms with Crippen LogP contribution in [0.4, 0.5) is 0 Å². The highest BCUT2D eigenvalue weighted by molar-refractivity contribution is 14.1. The van der Waals surface area contributed by atoms with Crippen LogP contribution in [0.3, 0.4) is 0 Å². The Morgan fingerprint density at radius 1 is 1.23 bits per heavy atom. The minimum absolute atomic E-state index is 0.0441. The third kappa shape index (κ3) is 5.92. The van der Waals surface area contributed by atoms with E-state index < -0.39 is 0 Å². The normalized spacial score (nSPS) is 17.2. The number of hydrogen-bond acceptors (Lipinski definition) is 5. The van der Waals surface area contributed by atoms with Crippen molar-refractivity contribution in [2.24, 2.45) is 0 Å². The number of halogens is 1. The van der Waals surface area contributed by atoms with E-state index in [1.807, 2.05) is 12.1 Å². The summed E-state index contributed by atoms with van der Waals surface area (Å²) in [6.45, 7) is 1.28. The largest absolute Gasteiger partial charge is 0.463 e. The molecule has 1 aliphatic heterocycles. The van der Waals surface area contributed by atoms with E-state index in [4.69, 9.17) is 14.2 Å². The fraction of sp³-hybridized carbons (Fsp3) is 0.500. The van der Waals surface area contributed by atoms with E-state index in [9.17, 15) is 9.59 Å². The van der Waals surface area contributed by atoms with Crippen molar-refractivity contribution in [3.8, 4) is 0 Å². The van der Waals surface area contributed by atoms with Crippen molar-refractivity contribution < 1.29 is 23.8 Å². The van der Waals surface area contributed by atoms with Gasteiger partial charge in [0.1, 0.15) is 6.61 Å². The van der Waals surface area contributed by atoms with Crippen molar-refractivity contribution in [3.63, 3.8) is 0 Å². The van der Waals surface area contributed by atoms with Gasteiger partial charge in [-0.15, -0.1) is 0 Å². The van der Waals surface area contributed by atoms with Crippen LogP contribution in [-0.4, -0.2) is 37.9 Å². The first-order chi connectivity index (χ1) is 10.6. The van der Waals surface area contributed by atoms with E-state index in [0.29, 0.717) is 18.6 Å². The van der Waals surface area contributed by atoms with Crippen LogP contribution in [0.15, 0.2) is 24.3 Å². The molecule has 5 nitrogen and oxygen atoms in total. The summed E-state index contributed by atoms with van der Waals surface area (Å²) < 4.78 is 16.7. The molecule has 6 heteroatoms. The molecule has 0 radical (unpaired) electrons. The third-order valence-corrected chi connectivity index (χ3v) is 4.01. The molecule has 2 rings (SSSR count). The lowest BCUT2D eigenvalue weighted by atomic mass is 10.2. The lowest BCUT2D eigenvalue weighted by Crippen LogP contribution is -2.18. The minimum Gasteiger partial charge on any atom is -0.463 e. The molecule has 1 fully saturated rings. The average molecular weight is 418 g/mol. The van der Waals surface area contributed by atoms with Gasteiger partial charge in [-0.1, -0.05) is 0 Å². The molecule has 1 aliphatic rings. The van der Waals surface area contributed by atoms with Gasteiger partial charge in [0, 0.05) is 16.6 Å². The molecule has 0 unspecified atom stereocenters. The Morgan fingerprint density at radius 3 is 2.68 bits per heavy atom. The molecule has 0 amide bonds. The van der Waals surface area contributed by atoms with Crippen LogP contribution in [-0.2, 0) is 19.0 Å². The van der Waals surface area contributed by atoms with Gasteiger partial charge in [-0.3, -0.25) is 4.79 Å². The topological polar surface area (TPSA) is 61.8 Å². The molecule has 0 N–H and O–H groups in total. The monoisotopic (exact) mass is 418 g/mol. The Balaban J connectivity index is 1.57. The second-order valence-corrected chi connectivity index (χ2v) is 6.31. The Bertz CT molecular complexity index is 494. The third-order valence-electron chi connectivity index (χ3n) is 3.29. The van der Waals surface area contributed by atoms with Gasteiger partial charge in [0.05, 0.1) is 18.3 Å². The Labute approximate surface area is 143 Å². The maximum absolute atomic E-state index is 11.7. The summed E-state index contributed by atoms with van der Waals surface area (Å²) in [7, 11) is 0. The first-order valence-electron chi connectivity index (χ1n) is 7.35. The zero-order valence-electron chi connectivity index (χ0n) is 12.3. The van der Waals surface area contributed by atoms with Gasteiger partial charge < -0.3 is 14.2 Å².